The van der Waals surface area contributed by atoms with Crippen LogP contribution in [-0.2, 0) is 24.2 Å². The number of aromatic nitrogens is 2. The van der Waals surface area contributed by atoms with Gasteiger partial charge < -0.3 is 19.4 Å². The van der Waals surface area contributed by atoms with Gasteiger partial charge in [-0.3, -0.25) is 0 Å². The quantitative estimate of drug-likeness (QED) is 0.813. The maximum Gasteiger partial charge on any atom is 0.318 e. The summed E-state index contributed by atoms with van der Waals surface area (Å²) in [6.45, 7) is 3.82. The van der Waals surface area contributed by atoms with Crippen LogP contribution in [0.1, 0.15) is 16.3 Å². The molecule has 6 nitrogen and oxygen atoms in total. The van der Waals surface area contributed by atoms with Gasteiger partial charge in [-0.25, -0.2) is 0 Å². The molecule has 2 aromatic heterocycles. The SMILES string of the molecule is COCCNCc1nnc(N2CCc3sccc3C2)o1. The Morgan fingerprint density at radius 3 is 3.35 bits per heavy atom. The van der Waals surface area contributed by atoms with E-state index < -0.39 is 0 Å². The number of ether oxygens (including phenoxy) is 1. The minimum Gasteiger partial charge on any atom is -0.407 e. The molecule has 1 N–H and O–H groups in total. The number of hydrogen-bond acceptors (Lipinski definition) is 7. The molecule has 0 aliphatic carbocycles. The van der Waals surface area contributed by atoms with Crippen molar-refractivity contribution in [3.63, 3.8) is 0 Å². The molecule has 3 heterocycles. The lowest BCUT2D eigenvalue weighted by atomic mass is 10.1. The lowest BCUT2D eigenvalue weighted by Crippen LogP contribution is -2.29. The highest BCUT2D eigenvalue weighted by Crippen LogP contribution is 2.26. The lowest BCUT2D eigenvalue weighted by molar-refractivity contribution is 0.198. The predicted octanol–water partition coefficient (Wildman–Crippen LogP) is 1.43. The molecule has 2 aromatic rings. The molecule has 0 saturated carbocycles. The van der Waals surface area contributed by atoms with Gasteiger partial charge in [0.1, 0.15) is 0 Å². The standard InChI is InChI=1S/C13H18N4O2S/c1-18-6-4-14-8-12-15-16-13(19-12)17-5-2-11-10(9-17)3-7-20-11/h3,7,14H,2,4-6,8-9H2,1H3. The van der Waals surface area contributed by atoms with Crippen LogP contribution < -0.4 is 10.2 Å². The third kappa shape index (κ3) is 3.00. The van der Waals surface area contributed by atoms with Crippen LogP contribution >= 0.6 is 11.3 Å². The van der Waals surface area contributed by atoms with Crippen molar-refractivity contribution in [3.05, 3.63) is 27.8 Å². The van der Waals surface area contributed by atoms with E-state index in [1.807, 2.05) is 11.3 Å². The fourth-order valence-corrected chi connectivity index (χ4v) is 3.11. The molecule has 20 heavy (non-hydrogen) atoms. The Morgan fingerprint density at radius 2 is 2.45 bits per heavy atom. The number of rotatable bonds is 6. The van der Waals surface area contributed by atoms with Gasteiger partial charge in [0.25, 0.3) is 0 Å². The van der Waals surface area contributed by atoms with Crippen LogP contribution in [0.5, 0.6) is 0 Å². The van der Waals surface area contributed by atoms with Crippen molar-refractivity contribution in [2.24, 2.45) is 0 Å². The Hall–Kier alpha value is -1.44. The topological polar surface area (TPSA) is 63.4 Å². The molecule has 1 aliphatic rings. The molecule has 0 amide bonds. The van der Waals surface area contributed by atoms with Gasteiger partial charge in [0.2, 0.25) is 5.89 Å². The van der Waals surface area contributed by atoms with E-state index in [2.05, 4.69) is 31.9 Å². The number of thiophene rings is 1. The van der Waals surface area contributed by atoms with Gasteiger partial charge in [-0.2, -0.15) is 0 Å². The van der Waals surface area contributed by atoms with Crippen molar-refractivity contribution in [2.75, 3.05) is 31.7 Å². The van der Waals surface area contributed by atoms with Crippen LogP contribution in [0.25, 0.3) is 0 Å². The highest BCUT2D eigenvalue weighted by molar-refractivity contribution is 7.10. The van der Waals surface area contributed by atoms with E-state index in [1.165, 1.54) is 10.4 Å². The summed E-state index contributed by atoms with van der Waals surface area (Å²) in [5.41, 5.74) is 1.37. The number of anilines is 1. The summed E-state index contributed by atoms with van der Waals surface area (Å²) in [6, 6.07) is 2.79. The average Bonchev–Trinajstić information content (AvgIpc) is 3.11. The third-order valence-electron chi connectivity index (χ3n) is 3.29. The first-order chi connectivity index (χ1) is 9.86. The molecule has 0 unspecified atom stereocenters. The summed E-state index contributed by atoms with van der Waals surface area (Å²) < 4.78 is 10.7. The van der Waals surface area contributed by atoms with E-state index in [1.54, 1.807) is 7.11 Å². The third-order valence-corrected chi connectivity index (χ3v) is 4.32. The van der Waals surface area contributed by atoms with Crippen molar-refractivity contribution in [1.29, 1.82) is 0 Å². The van der Waals surface area contributed by atoms with Crippen molar-refractivity contribution >= 4 is 17.4 Å². The van der Waals surface area contributed by atoms with E-state index in [9.17, 15) is 0 Å². The lowest BCUT2D eigenvalue weighted by Gasteiger charge is -2.24. The van der Waals surface area contributed by atoms with E-state index in [4.69, 9.17) is 9.15 Å². The van der Waals surface area contributed by atoms with Crippen molar-refractivity contribution in [2.45, 2.75) is 19.5 Å². The summed E-state index contributed by atoms with van der Waals surface area (Å²) in [6.07, 6.45) is 1.05. The van der Waals surface area contributed by atoms with Crippen LogP contribution in [0.3, 0.4) is 0 Å². The second-order valence-corrected chi connectivity index (χ2v) is 5.69. The molecule has 0 bridgehead atoms. The second-order valence-electron chi connectivity index (χ2n) is 4.69. The van der Waals surface area contributed by atoms with Crippen LogP contribution in [0.2, 0.25) is 0 Å². The van der Waals surface area contributed by atoms with Gasteiger partial charge in [-0.15, -0.1) is 16.4 Å². The summed E-state index contributed by atoms with van der Waals surface area (Å²) in [4.78, 5) is 3.61. The van der Waals surface area contributed by atoms with E-state index in [-0.39, 0.29) is 0 Å². The predicted molar refractivity (Wildman–Crippen MR) is 77.0 cm³/mol. The van der Waals surface area contributed by atoms with E-state index in [0.29, 0.717) is 25.1 Å². The molecule has 0 saturated heterocycles. The fraction of sp³-hybridized carbons (Fsp3) is 0.538. The Kier molecular flexibility index (Phi) is 4.29. The van der Waals surface area contributed by atoms with Gasteiger partial charge in [-0.1, -0.05) is 5.10 Å². The minimum atomic E-state index is 0.577. The molecule has 0 aromatic carbocycles. The molecule has 0 fully saturated rings. The maximum absolute atomic E-state index is 5.70. The first kappa shape index (κ1) is 13.5. The summed E-state index contributed by atoms with van der Waals surface area (Å²) in [7, 11) is 1.68. The summed E-state index contributed by atoms with van der Waals surface area (Å²) in [5.74, 6) is 0.618. The zero-order valence-electron chi connectivity index (χ0n) is 11.5. The molecular weight excluding hydrogens is 276 g/mol. The van der Waals surface area contributed by atoms with Crippen LogP contribution in [0.15, 0.2) is 15.9 Å². The van der Waals surface area contributed by atoms with Crippen molar-refractivity contribution in [3.8, 4) is 0 Å². The smallest absolute Gasteiger partial charge is 0.318 e. The molecule has 3 rings (SSSR count). The summed E-state index contributed by atoms with van der Waals surface area (Å²) >= 11 is 1.83. The zero-order valence-corrected chi connectivity index (χ0v) is 12.3. The van der Waals surface area contributed by atoms with Gasteiger partial charge in [0, 0.05) is 31.6 Å². The Balaban J connectivity index is 1.57. The van der Waals surface area contributed by atoms with Gasteiger partial charge in [-0.05, 0) is 23.4 Å². The normalized spacial score (nSPS) is 14.6. The van der Waals surface area contributed by atoms with Crippen LogP contribution in [0.4, 0.5) is 6.01 Å². The van der Waals surface area contributed by atoms with E-state index in [0.717, 1.165) is 26.1 Å². The molecular formula is C13H18N4O2S. The minimum absolute atomic E-state index is 0.577. The Bertz CT molecular complexity index is 554. The van der Waals surface area contributed by atoms with Gasteiger partial charge in [0.15, 0.2) is 0 Å². The van der Waals surface area contributed by atoms with E-state index >= 15 is 0 Å². The Labute approximate surface area is 121 Å². The van der Waals surface area contributed by atoms with Crippen molar-refractivity contribution < 1.29 is 9.15 Å². The number of hydrogen-bond donors (Lipinski definition) is 1. The number of nitrogens with zero attached hydrogens (tertiary/aromatic N) is 3. The van der Waals surface area contributed by atoms with Gasteiger partial charge >= 0.3 is 6.01 Å². The average molecular weight is 294 g/mol. The molecule has 1 aliphatic heterocycles. The number of fused-ring (bicyclic) bond motifs is 1. The van der Waals surface area contributed by atoms with Crippen LogP contribution in [0, 0.1) is 0 Å². The first-order valence-electron chi connectivity index (χ1n) is 6.69. The number of nitrogens with one attached hydrogen (secondary N) is 1. The fourth-order valence-electron chi connectivity index (χ4n) is 2.23. The van der Waals surface area contributed by atoms with Crippen molar-refractivity contribution in [1.82, 2.24) is 15.5 Å². The highest BCUT2D eigenvalue weighted by atomic mass is 32.1. The largest absolute Gasteiger partial charge is 0.407 e. The summed E-state index contributed by atoms with van der Waals surface area (Å²) in [5, 5.41) is 13.5. The highest BCUT2D eigenvalue weighted by Gasteiger charge is 2.21. The molecule has 108 valence electrons. The van der Waals surface area contributed by atoms with Crippen LogP contribution in [-0.4, -0.2) is 37.0 Å². The molecule has 0 spiro atoms. The maximum atomic E-state index is 5.70. The molecule has 0 radical (unpaired) electrons. The second kappa shape index (κ2) is 6.34. The molecule has 7 heteroatoms. The first-order valence-corrected chi connectivity index (χ1v) is 7.57. The Morgan fingerprint density at radius 1 is 1.50 bits per heavy atom. The number of methoxy groups -OCH3 is 1. The zero-order chi connectivity index (χ0) is 13.8. The monoisotopic (exact) mass is 294 g/mol. The van der Waals surface area contributed by atoms with Gasteiger partial charge in [0.05, 0.1) is 13.2 Å². The molecule has 0 atom stereocenters.